The fourth-order valence-electron chi connectivity index (χ4n) is 4.39. The molecule has 0 aromatic heterocycles. The van der Waals surface area contributed by atoms with Crippen molar-refractivity contribution < 1.29 is 17.9 Å². The zero-order valence-electron chi connectivity index (χ0n) is 17.0. The number of methoxy groups -OCH3 is 1. The first-order chi connectivity index (χ1) is 13.3. The van der Waals surface area contributed by atoms with Gasteiger partial charge in [-0.15, -0.1) is 0 Å². The lowest BCUT2D eigenvalue weighted by Gasteiger charge is -2.34. The number of sulfonamides is 1. The van der Waals surface area contributed by atoms with Gasteiger partial charge in [-0.05, 0) is 49.3 Å². The van der Waals surface area contributed by atoms with Gasteiger partial charge in [-0.2, -0.15) is 0 Å². The summed E-state index contributed by atoms with van der Waals surface area (Å²) < 4.78 is 33.8. The molecule has 7 heteroatoms. The van der Waals surface area contributed by atoms with Crippen LogP contribution in [0, 0.1) is 11.8 Å². The van der Waals surface area contributed by atoms with Crippen LogP contribution < -0.4 is 14.8 Å². The molecule has 0 radical (unpaired) electrons. The smallest absolute Gasteiger partial charge is 0.251 e. The second-order valence-corrected chi connectivity index (χ2v) is 10.00. The summed E-state index contributed by atoms with van der Waals surface area (Å²) >= 11 is 0. The molecule has 2 saturated carbocycles. The third-order valence-corrected chi connectivity index (χ3v) is 7.96. The first kappa shape index (κ1) is 21.1. The Morgan fingerprint density at radius 1 is 1.07 bits per heavy atom. The third-order valence-electron chi connectivity index (χ3n) is 6.42. The van der Waals surface area contributed by atoms with E-state index < -0.39 is 10.0 Å². The van der Waals surface area contributed by atoms with Crippen LogP contribution in [0.3, 0.4) is 0 Å². The molecule has 1 amide bonds. The van der Waals surface area contributed by atoms with E-state index in [0.717, 1.165) is 38.5 Å². The largest absolute Gasteiger partial charge is 0.495 e. The van der Waals surface area contributed by atoms with Crippen molar-refractivity contribution in [1.82, 2.24) is 10.0 Å². The maximum absolute atomic E-state index is 12.9. The van der Waals surface area contributed by atoms with E-state index in [4.69, 9.17) is 4.74 Å². The van der Waals surface area contributed by atoms with Crippen molar-refractivity contribution in [2.75, 3.05) is 7.11 Å². The molecule has 2 aliphatic rings. The summed E-state index contributed by atoms with van der Waals surface area (Å²) in [5.41, 5.74) is 0.345. The molecule has 156 valence electrons. The second kappa shape index (κ2) is 8.82. The van der Waals surface area contributed by atoms with E-state index in [-0.39, 0.29) is 28.6 Å². The summed E-state index contributed by atoms with van der Waals surface area (Å²) in [6.07, 6.45) is 7.01. The minimum atomic E-state index is -3.75. The van der Waals surface area contributed by atoms with Gasteiger partial charge in [0, 0.05) is 17.6 Å². The van der Waals surface area contributed by atoms with Crippen LogP contribution in [0.1, 0.15) is 69.2 Å². The van der Waals surface area contributed by atoms with E-state index in [1.807, 2.05) is 0 Å². The highest BCUT2D eigenvalue weighted by Crippen LogP contribution is 2.30. The van der Waals surface area contributed by atoms with Gasteiger partial charge in [0.25, 0.3) is 5.91 Å². The van der Waals surface area contributed by atoms with Crippen LogP contribution in [-0.2, 0) is 10.0 Å². The van der Waals surface area contributed by atoms with Gasteiger partial charge in [0.2, 0.25) is 10.0 Å². The van der Waals surface area contributed by atoms with Crippen LogP contribution in [0.2, 0.25) is 0 Å². The SMILES string of the molecule is COc1ccc(C(=O)NC2CCCC(C)C2C)cc1S(=O)(=O)NC1CCCC1. The van der Waals surface area contributed by atoms with Crippen molar-refractivity contribution in [3.63, 3.8) is 0 Å². The van der Waals surface area contributed by atoms with Crippen LogP contribution in [0.5, 0.6) is 5.75 Å². The van der Waals surface area contributed by atoms with Gasteiger partial charge in [0.05, 0.1) is 7.11 Å². The van der Waals surface area contributed by atoms with Crippen molar-refractivity contribution in [1.29, 1.82) is 0 Å². The molecular weight excluding hydrogens is 376 g/mol. The normalized spacial score (nSPS) is 26.2. The van der Waals surface area contributed by atoms with Gasteiger partial charge in [-0.1, -0.05) is 39.5 Å². The number of carbonyl (C=O) groups is 1. The second-order valence-electron chi connectivity index (χ2n) is 8.32. The van der Waals surface area contributed by atoms with Crippen molar-refractivity contribution in [2.45, 2.75) is 75.8 Å². The molecule has 2 N–H and O–H groups in total. The monoisotopic (exact) mass is 408 g/mol. The zero-order chi connectivity index (χ0) is 20.3. The van der Waals surface area contributed by atoms with E-state index >= 15 is 0 Å². The Balaban J connectivity index is 1.80. The van der Waals surface area contributed by atoms with Crippen LogP contribution in [0.15, 0.2) is 23.1 Å². The molecule has 3 unspecified atom stereocenters. The molecule has 1 aromatic rings. The van der Waals surface area contributed by atoms with Crippen molar-refractivity contribution >= 4 is 15.9 Å². The van der Waals surface area contributed by atoms with Crippen molar-refractivity contribution in [2.24, 2.45) is 11.8 Å². The zero-order valence-corrected chi connectivity index (χ0v) is 17.8. The standard InChI is InChI=1S/C21H32N2O4S/c1-14-7-6-10-18(15(14)2)22-21(24)16-11-12-19(27-3)20(13-16)28(25,26)23-17-8-4-5-9-17/h11-15,17-18,23H,4-10H2,1-3H3,(H,22,24). The first-order valence-electron chi connectivity index (χ1n) is 10.3. The summed E-state index contributed by atoms with van der Waals surface area (Å²) in [6, 6.07) is 4.69. The molecule has 2 aliphatic carbocycles. The highest BCUT2D eigenvalue weighted by molar-refractivity contribution is 7.89. The van der Waals surface area contributed by atoms with Gasteiger partial charge >= 0.3 is 0 Å². The summed E-state index contributed by atoms with van der Waals surface area (Å²) in [5, 5.41) is 3.11. The fraction of sp³-hybridized carbons (Fsp3) is 0.667. The Hall–Kier alpha value is -1.60. The van der Waals surface area contributed by atoms with Crippen molar-refractivity contribution in [3.05, 3.63) is 23.8 Å². The summed E-state index contributed by atoms with van der Waals surface area (Å²) in [5.74, 6) is 0.997. The number of rotatable bonds is 6. The number of hydrogen-bond acceptors (Lipinski definition) is 4. The number of ether oxygens (including phenoxy) is 1. The lowest BCUT2D eigenvalue weighted by molar-refractivity contribution is 0.0891. The molecule has 3 atom stereocenters. The molecule has 2 fully saturated rings. The molecule has 6 nitrogen and oxygen atoms in total. The molecule has 3 rings (SSSR count). The quantitative estimate of drug-likeness (QED) is 0.755. The van der Waals surface area contributed by atoms with E-state index in [1.54, 1.807) is 12.1 Å². The van der Waals surface area contributed by atoms with Crippen molar-refractivity contribution in [3.8, 4) is 5.75 Å². The van der Waals surface area contributed by atoms with Gasteiger partial charge in [0.1, 0.15) is 10.6 Å². The molecular formula is C21H32N2O4S. The molecule has 0 bridgehead atoms. The average molecular weight is 409 g/mol. The Bertz CT molecular complexity index is 803. The van der Waals surface area contributed by atoms with Crippen LogP contribution in [0.4, 0.5) is 0 Å². The maximum Gasteiger partial charge on any atom is 0.251 e. The molecule has 0 heterocycles. The van der Waals surface area contributed by atoms with Gasteiger partial charge in [-0.3, -0.25) is 4.79 Å². The fourth-order valence-corrected chi connectivity index (χ4v) is 5.89. The predicted octanol–water partition coefficient (Wildman–Crippen LogP) is 3.47. The van der Waals surface area contributed by atoms with Gasteiger partial charge in [0.15, 0.2) is 0 Å². The average Bonchev–Trinajstić information content (AvgIpc) is 3.17. The molecule has 0 spiro atoms. The number of benzene rings is 1. The molecule has 0 saturated heterocycles. The van der Waals surface area contributed by atoms with E-state index in [2.05, 4.69) is 23.9 Å². The van der Waals surface area contributed by atoms with Crippen LogP contribution in [0.25, 0.3) is 0 Å². The van der Waals surface area contributed by atoms with Crippen LogP contribution in [-0.4, -0.2) is 33.5 Å². The topological polar surface area (TPSA) is 84.5 Å². The Kier molecular flexibility index (Phi) is 6.65. The molecule has 28 heavy (non-hydrogen) atoms. The minimum absolute atomic E-state index is 0.0274. The summed E-state index contributed by atoms with van der Waals surface area (Å²) in [4.78, 5) is 12.8. The van der Waals surface area contributed by atoms with E-state index in [0.29, 0.717) is 17.4 Å². The number of amides is 1. The highest BCUT2D eigenvalue weighted by atomic mass is 32.2. The van der Waals surface area contributed by atoms with E-state index in [9.17, 15) is 13.2 Å². The molecule has 1 aromatic carbocycles. The van der Waals surface area contributed by atoms with E-state index in [1.165, 1.54) is 19.6 Å². The minimum Gasteiger partial charge on any atom is -0.495 e. The number of hydrogen-bond donors (Lipinski definition) is 2. The summed E-state index contributed by atoms with van der Waals surface area (Å²) in [7, 11) is -2.31. The summed E-state index contributed by atoms with van der Waals surface area (Å²) in [6.45, 7) is 4.39. The third kappa shape index (κ3) is 4.69. The Labute approximate surface area is 168 Å². The first-order valence-corrected chi connectivity index (χ1v) is 11.8. The number of carbonyl (C=O) groups excluding carboxylic acids is 1. The Morgan fingerprint density at radius 2 is 1.79 bits per heavy atom. The number of nitrogens with one attached hydrogen (secondary N) is 2. The Morgan fingerprint density at radius 3 is 2.46 bits per heavy atom. The highest BCUT2D eigenvalue weighted by Gasteiger charge is 2.30. The van der Waals surface area contributed by atoms with Gasteiger partial charge < -0.3 is 10.1 Å². The maximum atomic E-state index is 12.9. The van der Waals surface area contributed by atoms with Crippen LogP contribution >= 0.6 is 0 Å². The lowest BCUT2D eigenvalue weighted by atomic mass is 9.78. The lowest BCUT2D eigenvalue weighted by Crippen LogP contribution is -2.43. The molecule has 0 aliphatic heterocycles. The van der Waals surface area contributed by atoms with Gasteiger partial charge in [-0.25, -0.2) is 13.1 Å². The predicted molar refractivity (Wildman–Crippen MR) is 109 cm³/mol.